The molecule has 26 heavy (non-hydrogen) atoms. The Morgan fingerprint density at radius 1 is 0.923 bits per heavy atom. The minimum Gasteiger partial charge on any atom is -0.277 e. The van der Waals surface area contributed by atoms with Gasteiger partial charge in [-0.15, -0.1) is 0 Å². The summed E-state index contributed by atoms with van der Waals surface area (Å²) in [6.45, 7) is 1.91. The molecule has 0 fully saturated rings. The molecule has 0 saturated carbocycles. The van der Waals surface area contributed by atoms with E-state index >= 15 is 0 Å². The fourth-order valence-corrected chi connectivity index (χ4v) is 3.77. The zero-order valence-electron chi connectivity index (χ0n) is 14.1. The van der Waals surface area contributed by atoms with E-state index in [2.05, 4.69) is 25.6 Å². The van der Waals surface area contributed by atoms with Crippen LogP contribution in [0.5, 0.6) is 0 Å². The summed E-state index contributed by atoms with van der Waals surface area (Å²) in [6, 6.07) is 21.4. The number of nitrogens with zero attached hydrogens (tertiary/aromatic N) is 1. The number of halogens is 1. The molecule has 4 nitrogen and oxygen atoms in total. The summed E-state index contributed by atoms with van der Waals surface area (Å²) >= 11 is 3.47. The second-order valence-electron chi connectivity index (χ2n) is 5.72. The first-order chi connectivity index (χ1) is 12.5. The number of aryl methyl sites for hydroxylation is 1. The Morgan fingerprint density at radius 3 is 2.31 bits per heavy atom. The van der Waals surface area contributed by atoms with Crippen molar-refractivity contribution in [1.29, 1.82) is 0 Å². The first-order valence-corrected chi connectivity index (χ1v) is 10.2. The molecule has 0 heterocycles. The number of anilines is 1. The molecule has 0 saturated heterocycles. The van der Waals surface area contributed by atoms with E-state index in [1.165, 1.54) is 0 Å². The van der Waals surface area contributed by atoms with Crippen molar-refractivity contribution < 1.29 is 8.42 Å². The van der Waals surface area contributed by atoms with Gasteiger partial charge in [0.1, 0.15) is 0 Å². The van der Waals surface area contributed by atoms with Crippen LogP contribution in [0.25, 0.3) is 0 Å². The molecule has 3 aromatic carbocycles. The van der Waals surface area contributed by atoms with Crippen molar-refractivity contribution in [1.82, 2.24) is 0 Å². The molecule has 0 radical (unpaired) electrons. The van der Waals surface area contributed by atoms with Gasteiger partial charge in [-0.2, -0.15) is 0 Å². The quantitative estimate of drug-likeness (QED) is 0.559. The zero-order valence-corrected chi connectivity index (χ0v) is 16.5. The Kier molecular flexibility index (Phi) is 5.54. The van der Waals surface area contributed by atoms with Gasteiger partial charge < -0.3 is 0 Å². The molecular weight excluding hydrogens is 412 g/mol. The number of hydrogen-bond acceptors (Lipinski definition) is 3. The number of hydrogen-bond donors (Lipinski definition) is 1. The molecule has 3 aromatic rings. The highest BCUT2D eigenvalue weighted by atomic mass is 79.9. The predicted molar refractivity (Wildman–Crippen MR) is 110 cm³/mol. The number of nitrogens with one attached hydrogen (secondary N) is 1. The van der Waals surface area contributed by atoms with Crippen LogP contribution in [0.4, 0.5) is 11.4 Å². The molecule has 0 bridgehead atoms. The summed E-state index contributed by atoms with van der Waals surface area (Å²) in [4.78, 5) is 4.66. The van der Waals surface area contributed by atoms with Gasteiger partial charge in [0.25, 0.3) is 10.0 Å². The van der Waals surface area contributed by atoms with Gasteiger partial charge in [0.05, 0.1) is 16.3 Å². The number of benzene rings is 3. The molecule has 0 aliphatic carbocycles. The largest absolute Gasteiger partial charge is 0.277 e. The molecule has 6 heteroatoms. The van der Waals surface area contributed by atoms with Crippen LogP contribution >= 0.6 is 15.9 Å². The first kappa shape index (κ1) is 18.4. The molecule has 3 rings (SSSR count). The van der Waals surface area contributed by atoms with Crippen LogP contribution < -0.4 is 4.72 Å². The van der Waals surface area contributed by atoms with E-state index in [0.717, 1.165) is 15.6 Å². The Labute approximate surface area is 161 Å². The van der Waals surface area contributed by atoms with Crippen molar-refractivity contribution in [2.24, 2.45) is 4.99 Å². The Balaban J connectivity index is 1.90. The number of sulfonamides is 1. The van der Waals surface area contributed by atoms with Crippen LogP contribution in [0.1, 0.15) is 11.1 Å². The minimum atomic E-state index is -3.68. The van der Waals surface area contributed by atoms with E-state index in [-0.39, 0.29) is 4.90 Å². The summed E-state index contributed by atoms with van der Waals surface area (Å²) < 4.78 is 28.8. The monoisotopic (exact) mass is 428 g/mol. The second-order valence-corrected chi connectivity index (χ2v) is 8.25. The second kappa shape index (κ2) is 7.85. The van der Waals surface area contributed by atoms with Gasteiger partial charge >= 0.3 is 0 Å². The molecule has 0 atom stereocenters. The van der Waals surface area contributed by atoms with Gasteiger partial charge in [0.2, 0.25) is 0 Å². The van der Waals surface area contributed by atoms with Crippen LogP contribution in [0.15, 0.2) is 87.2 Å². The fourth-order valence-electron chi connectivity index (χ4n) is 2.31. The van der Waals surface area contributed by atoms with Crippen molar-refractivity contribution in [3.63, 3.8) is 0 Å². The third-order valence-electron chi connectivity index (χ3n) is 3.73. The van der Waals surface area contributed by atoms with Crippen LogP contribution in [-0.4, -0.2) is 14.6 Å². The van der Waals surface area contributed by atoms with E-state index < -0.39 is 10.0 Å². The lowest BCUT2D eigenvalue weighted by Gasteiger charge is -2.10. The van der Waals surface area contributed by atoms with Crippen LogP contribution in [-0.2, 0) is 10.0 Å². The first-order valence-electron chi connectivity index (χ1n) is 7.93. The van der Waals surface area contributed by atoms with Gasteiger partial charge in [-0.1, -0.05) is 64.0 Å². The topological polar surface area (TPSA) is 58.5 Å². The lowest BCUT2D eigenvalue weighted by Crippen LogP contribution is -2.13. The molecule has 0 aromatic heterocycles. The third-order valence-corrected chi connectivity index (χ3v) is 5.83. The highest BCUT2D eigenvalue weighted by Gasteiger charge is 2.15. The van der Waals surface area contributed by atoms with E-state index in [0.29, 0.717) is 11.4 Å². The standard InChI is InChI=1S/C20H17BrN2O2S/c1-15-10-12-17(13-11-15)26(24,25)23-20-9-5-4-8-19(20)22-14-16-6-2-3-7-18(16)21/h2-14,23H,1H3. The maximum Gasteiger partial charge on any atom is 0.261 e. The van der Waals surface area contributed by atoms with Crippen molar-refractivity contribution in [2.45, 2.75) is 11.8 Å². The predicted octanol–water partition coefficient (Wildman–Crippen LogP) is 5.31. The molecule has 132 valence electrons. The van der Waals surface area contributed by atoms with Crippen LogP contribution in [0.2, 0.25) is 0 Å². The lowest BCUT2D eigenvalue weighted by molar-refractivity contribution is 0.601. The average Bonchev–Trinajstić information content (AvgIpc) is 2.62. The average molecular weight is 429 g/mol. The van der Waals surface area contributed by atoms with E-state index in [4.69, 9.17) is 0 Å². The summed E-state index contributed by atoms with van der Waals surface area (Å²) in [6.07, 6.45) is 1.70. The fraction of sp³-hybridized carbons (Fsp3) is 0.0500. The van der Waals surface area contributed by atoms with Gasteiger partial charge in [-0.05, 0) is 37.3 Å². The molecule has 0 unspecified atom stereocenters. The lowest BCUT2D eigenvalue weighted by atomic mass is 10.2. The minimum absolute atomic E-state index is 0.215. The van der Waals surface area contributed by atoms with Crippen molar-refractivity contribution in [2.75, 3.05) is 4.72 Å². The smallest absolute Gasteiger partial charge is 0.261 e. The van der Waals surface area contributed by atoms with Gasteiger partial charge in [0.15, 0.2) is 0 Å². The summed E-state index contributed by atoms with van der Waals surface area (Å²) in [5.41, 5.74) is 2.88. The van der Waals surface area contributed by atoms with Gasteiger partial charge in [-0.3, -0.25) is 9.71 Å². The number of rotatable bonds is 5. The summed E-state index contributed by atoms with van der Waals surface area (Å²) in [5, 5.41) is 0. The zero-order chi connectivity index (χ0) is 18.6. The maximum absolute atomic E-state index is 12.6. The molecular formula is C20H17BrN2O2S. The van der Waals surface area contributed by atoms with E-state index in [1.807, 2.05) is 37.3 Å². The third kappa shape index (κ3) is 4.39. The molecule has 0 spiro atoms. The van der Waals surface area contributed by atoms with Gasteiger partial charge in [0, 0.05) is 16.3 Å². The Bertz CT molecular complexity index is 1050. The summed E-state index contributed by atoms with van der Waals surface area (Å²) in [5.74, 6) is 0. The summed E-state index contributed by atoms with van der Waals surface area (Å²) in [7, 11) is -3.68. The molecule has 0 aliphatic heterocycles. The SMILES string of the molecule is Cc1ccc(S(=O)(=O)Nc2ccccc2N=Cc2ccccc2Br)cc1. The van der Waals surface area contributed by atoms with Gasteiger partial charge in [-0.25, -0.2) is 8.42 Å². The van der Waals surface area contributed by atoms with Crippen LogP contribution in [0.3, 0.4) is 0 Å². The Morgan fingerprint density at radius 2 is 1.58 bits per heavy atom. The highest BCUT2D eigenvalue weighted by molar-refractivity contribution is 9.10. The van der Waals surface area contributed by atoms with Crippen LogP contribution in [0, 0.1) is 6.92 Å². The number of para-hydroxylation sites is 2. The van der Waals surface area contributed by atoms with E-state index in [1.54, 1.807) is 48.7 Å². The number of aliphatic imine (C=N–C) groups is 1. The maximum atomic E-state index is 12.6. The highest BCUT2D eigenvalue weighted by Crippen LogP contribution is 2.27. The van der Waals surface area contributed by atoms with Crippen molar-refractivity contribution >= 4 is 43.5 Å². The van der Waals surface area contributed by atoms with Crippen molar-refractivity contribution in [3.8, 4) is 0 Å². The Hall–Kier alpha value is -2.44. The molecule has 0 aliphatic rings. The van der Waals surface area contributed by atoms with Crippen molar-refractivity contribution in [3.05, 3.63) is 88.4 Å². The van der Waals surface area contributed by atoms with E-state index in [9.17, 15) is 8.42 Å². The molecule has 0 amide bonds. The normalized spacial score (nSPS) is 11.6. The molecule has 1 N–H and O–H groups in total.